The second-order valence-corrected chi connectivity index (χ2v) is 6.45. The Morgan fingerprint density at radius 2 is 1.89 bits per heavy atom. The molecule has 1 aliphatic heterocycles. The van der Waals surface area contributed by atoms with E-state index < -0.39 is 0 Å². The van der Waals surface area contributed by atoms with E-state index in [1.54, 1.807) is 24.0 Å². The molecule has 2 aromatic carbocycles. The number of morpholine rings is 1. The second kappa shape index (κ2) is 7.32. The molecule has 1 aromatic heterocycles. The third-order valence-corrected chi connectivity index (χ3v) is 4.62. The van der Waals surface area contributed by atoms with Crippen molar-refractivity contribution < 1.29 is 18.3 Å². The molecule has 5 nitrogen and oxygen atoms in total. The predicted molar refractivity (Wildman–Crippen MR) is 97.7 cm³/mol. The Morgan fingerprint density at radius 1 is 1.15 bits per heavy atom. The highest BCUT2D eigenvalue weighted by Crippen LogP contribution is 2.26. The number of hydrogen-bond donors (Lipinski definition) is 0. The van der Waals surface area contributed by atoms with Gasteiger partial charge in [0.1, 0.15) is 17.7 Å². The average molecular weight is 366 g/mol. The van der Waals surface area contributed by atoms with Crippen LogP contribution in [0.15, 0.2) is 59.0 Å². The number of aromatic nitrogens is 1. The molecular formula is C21H19FN2O3. The third-order valence-electron chi connectivity index (χ3n) is 4.62. The molecule has 1 aliphatic rings. The number of carbonyl (C=O) groups is 1. The standard InChI is InChI=1S/C21H19FN2O3/c1-14-19(23-20(27-14)16-5-3-2-4-6-16)21(25)24-11-12-26-18(13-24)15-7-9-17(22)10-8-15/h2-10,18H,11-13H2,1H3/t18-/m0/s1. The number of oxazole rings is 1. The van der Waals surface area contributed by atoms with Gasteiger partial charge in [-0.2, -0.15) is 0 Å². The lowest BCUT2D eigenvalue weighted by atomic mass is 10.1. The van der Waals surface area contributed by atoms with E-state index in [4.69, 9.17) is 9.15 Å². The van der Waals surface area contributed by atoms with Crippen molar-refractivity contribution in [2.75, 3.05) is 19.7 Å². The Labute approximate surface area is 156 Å². The number of ether oxygens (including phenoxy) is 1. The number of benzene rings is 2. The first-order valence-corrected chi connectivity index (χ1v) is 8.81. The van der Waals surface area contributed by atoms with Gasteiger partial charge in [-0.15, -0.1) is 0 Å². The minimum atomic E-state index is -0.297. The van der Waals surface area contributed by atoms with E-state index in [2.05, 4.69) is 4.98 Å². The number of halogens is 1. The molecule has 2 heterocycles. The summed E-state index contributed by atoms with van der Waals surface area (Å²) in [4.78, 5) is 19.1. The Morgan fingerprint density at radius 3 is 2.63 bits per heavy atom. The van der Waals surface area contributed by atoms with Gasteiger partial charge in [0.05, 0.1) is 13.2 Å². The van der Waals surface area contributed by atoms with Crippen molar-refractivity contribution in [1.29, 1.82) is 0 Å². The molecule has 0 saturated carbocycles. The van der Waals surface area contributed by atoms with E-state index in [9.17, 15) is 9.18 Å². The maximum atomic E-state index is 13.1. The smallest absolute Gasteiger partial charge is 0.276 e. The van der Waals surface area contributed by atoms with Crippen molar-refractivity contribution in [3.63, 3.8) is 0 Å². The number of hydrogen-bond acceptors (Lipinski definition) is 4. The van der Waals surface area contributed by atoms with Crippen LogP contribution < -0.4 is 0 Å². The molecule has 0 bridgehead atoms. The SMILES string of the molecule is Cc1oc(-c2ccccc2)nc1C(=O)N1CCO[C@H](c2ccc(F)cc2)C1. The van der Waals surface area contributed by atoms with Crippen molar-refractivity contribution in [2.24, 2.45) is 0 Å². The molecule has 0 N–H and O–H groups in total. The van der Waals surface area contributed by atoms with Crippen LogP contribution in [0.5, 0.6) is 0 Å². The fourth-order valence-electron chi connectivity index (χ4n) is 3.16. The Kier molecular flexibility index (Phi) is 4.73. The highest BCUT2D eigenvalue weighted by Gasteiger charge is 2.29. The highest BCUT2D eigenvalue weighted by molar-refractivity contribution is 5.93. The Hall–Kier alpha value is -2.99. The molecule has 1 amide bonds. The van der Waals surface area contributed by atoms with E-state index in [1.807, 2.05) is 30.3 Å². The molecule has 27 heavy (non-hydrogen) atoms. The molecule has 0 unspecified atom stereocenters. The predicted octanol–water partition coefficient (Wildman–Crippen LogP) is 4.00. The normalized spacial score (nSPS) is 17.1. The lowest BCUT2D eigenvalue weighted by Crippen LogP contribution is -2.42. The van der Waals surface area contributed by atoms with Gasteiger partial charge >= 0.3 is 0 Å². The third kappa shape index (κ3) is 3.61. The zero-order chi connectivity index (χ0) is 18.8. The van der Waals surface area contributed by atoms with E-state index in [-0.39, 0.29) is 17.8 Å². The van der Waals surface area contributed by atoms with Crippen LogP contribution in [0, 0.1) is 12.7 Å². The largest absolute Gasteiger partial charge is 0.441 e. The molecule has 1 saturated heterocycles. The molecule has 6 heteroatoms. The van der Waals surface area contributed by atoms with Gasteiger partial charge in [0, 0.05) is 12.1 Å². The molecule has 0 radical (unpaired) electrons. The topological polar surface area (TPSA) is 55.6 Å². The average Bonchev–Trinajstić information content (AvgIpc) is 3.10. The van der Waals surface area contributed by atoms with Crippen LogP contribution in [0.4, 0.5) is 4.39 Å². The second-order valence-electron chi connectivity index (χ2n) is 6.45. The van der Waals surface area contributed by atoms with Crippen LogP contribution in [0.1, 0.15) is 27.9 Å². The minimum absolute atomic E-state index is 0.186. The summed E-state index contributed by atoms with van der Waals surface area (Å²) in [5, 5.41) is 0. The molecular weight excluding hydrogens is 347 g/mol. The fourth-order valence-corrected chi connectivity index (χ4v) is 3.16. The van der Waals surface area contributed by atoms with Gasteiger partial charge in [-0.25, -0.2) is 9.37 Å². The van der Waals surface area contributed by atoms with Gasteiger partial charge in [-0.05, 0) is 36.8 Å². The van der Waals surface area contributed by atoms with Gasteiger partial charge in [-0.3, -0.25) is 4.79 Å². The van der Waals surface area contributed by atoms with Gasteiger partial charge < -0.3 is 14.1 Å². The maximum absolute atomic E-state index is 13.1. The number of nitrogens with zero attached hydrogens (tertiary/aromatic N) is 2. The summed E-state index contributed by atoms with van der Waals surface area (Å²) in [6, 6.07) is 15.6. The first kappa shape index (κ1) is 17.4. The van der Waals surface area contributed by atoms with Gasteiger partial charge in [-0.1, -0.05) is 30.3 Å². The Bertz CT molecular complexity index is 938. The van der Waals surface area contributed by atoms with Crippen LogP contribution >= 0.6 is 0 Å². The zero-order valence-corrected chi connectivity index (χ0v) is 14.9. The molecule has 138 valence electrons. The van der Waals surface area contributed by atoms with Crippen LogP contribution in [0.25, 0.3) is 11.5 Å². The molecule has 0 spiro atoms. The number of carbonyl (C=O) groups excluding carboxylic acids is 1. The van der Waals surface area contributed by atoms with Crippen LogP contribution in [0.2, 0.25) is 0 Å². The minimum Gasteiger partial charge on any atom is -0.441 e. The van der Waals surface area contributed by atoms with Crippen LogP contribution in [-0.4, -0.2) is 35.5 Å². The molecule has 0 aliphatic carbocycles. The lowest BCUT2D eigenvalue weighted by molar-refractivity contribution is -0.0230. The van der Waals surface area contributed by atoms with Gasteiger partial charge in [0.2, 0.25) is 5.89 Å². The van der Waals surface area contributed by atoms with Gasteiger partial charge in [0.15, 0.2) is 5.69 Å². The van der Waals surface area contributed by atoms with Crippen molar-refractivity contribution in [1.82, 2.24) is 9.88 Å². The Balaban J connectivity index is 1.54. The first-order valence-electron chi connectivity index (χ1n) is 8.81. The van der Waals surface area contributed by atoms with Crippen molar-refractivity contribution in [3.05, 3.63) is 77.4 Å². The molecule has 1 fully saturated rings. The first-order chi connectivity index (χ1) is 13.1. The van der Waals surface area contributed by atoms with Gasteiger partial charge in [0.25, 0.3) is 5.91 Å². The summed E-state index contributed by atoms with van der Waals surface area (Å²) < 4.78 is 24.6. The summed E-state index contributed by atoms with van der Waals surface area (Å²) in [5.74, 6) is 0.437. The number of aryl methyl sites for hydroxylation is 1. The summed E-state index contributed by atoms with van der Waals surface area (Å²) in [6.45, 7) is 3.02. The summed E-state index contributed by atoms with van der Waals surface area (Å²) >= 11 is 0. The fraction of sp³-hybridized carbons (Fsp3) is 0.238. The monoisotopic (exact) mass is 366 g/mol. The van der Waals surface area contributed by atoms with Crippen molar-refractivity contribution in [3.8, 4) is 11.5 Å². The maximum Gasteiger partial charge on any atom is 0.276 e. The number of amides is 1. The van der Waals surface area contributed by atoms with Crippen molar-refractivity contribution in [2.45, 2.75) is 13.0 Å². The van der Waals surface area contributed by atoms with Crippen LogP contribution in [0.3, 0.4) is 0 Å². The van der Waals surface area contributed by atoms with E-state index in [0.717, 1.165) is 11.1 Å². The van der Waals surface area contributed by atoms with Crippen LogP contribution in [-0.2, 0) is 4.74 Å². The highest BCUT2D eigenvalue weighted by atomic mass is 19.1. The lowest BCUT2D eigenvalue weighted by Gasteiger charge is -2.32. The van der Waals surface area contributed by atoms with E-state index in [0.29, 0.717) is 37.0 Å². The van der Waals surface area contributed by atoms with Crippen molar-refractivity contribution >= 4 is 5.91 Å². The van der Waals surface area contributed by atoms with E-state index >= 15 is 0 Å². The zero-order valence-electron chi connectivity index (χ0n) is 14.9. The summed E-state index contributed by atoms with van der Waals surface area (Å²) in [5.41, 5.74) is 1.98. The molecule has 3 aromatic rings. The van der Waals surface area contributed by atoms with E-state index in [1.165, 1.54) is 12.1 Å². The summed E-state index contributed by atoms with van der Waals surface area (Å²) in [7, 11) is 0. The quantitative estimate of drug-likeness (QED) is 0.703. The number of rotatable bonds is 3. The molecule has 1 atom stereocenters. The molecule has 4 rings (SSSR count). The summed E-state index contributed by atoms with van der Waals surface area (Å²) in [6.07, 6.45) is -0.288.